The number of rotatable bonds is 4. The van der Waals surface area contributed by atoms with Gasteiger partial charge in [0.2, 0.25) is 0 Å². The maximum Gasteiger partial charge on any atom is 0.0192 e. The summed E-state index contributed by atoms with van der Waals surface area (Å²) in [5, 5.41) is 7.33. The largest absolute Gasteiger partial charge is 0.313 e. The Bertz CT molecular complexity index is 162. The van der Waals surface area contributed by atoms with Gasteiger partial charge in [-0.2, -0.15) is 0 Å². The molecule has 14 heavy (non-hydrogen) atoms. The van der Waals surface area contributed by atoms with Crippen molar-refractivity contribution < 1.29 is 0 Å². The fraction of sp³-hybridized carbons (Fsp3) is 1.00. The van der Waals surface area contributed by atoms with Gasteiger partial charge in [0.05, 0.1) is 0 Å². The van der Waals surface area contributed by atoms with Crippen LogP contribution in [0.15, 0.2) is 0 Å². The summed E-state index contributed by atoms with van der Waals surface area (Å²) in [6.07, 6.45) is 8.36. The lowest BCUT2D eigenvalue weighted by Gasteiger charge is -2.16. The van der Waals surface area contributed by atoms with Gasteiger partial charge in [0.1, 0.15) is 0 Å². The molecule has 0 bridgehead atoms. The minimum atomic E-state index is 0.746. The second kappa shape index (κ2) is 5.13. The number of hydrogen-bond acceptors (Lipinski definition) is 2. The topological polar surface area (TPSA) is 24.1 Å². The van der Waals surface area contributed by atoms with E-state index in [2.05, 4.69) is 17.6 Å². The number of nitrogens with one attached hydrogen (secondary N) is 2. The summed E-state index contributed by atoms with van der Waals surface area (Å²) in [6.45, 7) is 4.73. The third kappa shape index (κ3) is 2.96. The quantitative estimate of drug-likeness (QED) is 0.717. The molecule has 0 radical (unpaired) electrons. The Morgan fingerprint density at radius 3 is 3.00 bits per heavy atom. The number of hydrogen-bond donors (Lipinski definition) is 2. The monoisotopic (exact) mass is 196 g/mol. The minimum absolute atomic E-state index is 0.746. The molecule has 0 aromatic rings. The van der Waals surface area contributed by atoms with Gasteiger partial charge in [0, 0.05) is 18.6 Å². The summed E-state index contributed by atoms with van der Waals surface area (Å²) >= 11 is 0. The molecule has 2 nitrogen and oxygen atoms in total. The van der Waals surface area contributed by atoms with Crippen LogP contribution in [0.3, 0.4) is 0 Å². The van der Waals surface area contributed by atoms with E-state index in [-0.39, 0.29) is 0 Å². The van der Waals surface area contributed by atoms with Crippen LogP contribution in [0.4, 0.5) is 0 Å². The van der Waals surface area contributed by atoms with E-state index < -0.39 is 0 Å². The summed E-state index contributed by atoms with van der Waals surface area (Å²) in [5.41, 5.74) is 0. The molecule has 0 amide bonds. The summed E-state index contributed by atoms with van der Waals surface area (Å²) in [6, 6.07) is 1.60. The van der Waals surface area contributed by atoms with Crippen LogP contribution in [0, 0.1) is 5.92 Å². The van der Waals surface area contributed by atoms with E-state index in [1.165, 1.54) is 51.6 Å². The summed E-state index contributed by atoms with van der Waals surface area (Å²) in [7, 11) is 0. The van der Waals surface area contributed by atoms with E-state index in [0.29, 0.717) is 0 Å². The van der Waals surface area contributed by atoms with Gasteiger partial charge in [-0.15, -0.1) is 0 Å². The molecule has 0 aromatic carbocycles. The van der Waals surface area contributed by atoms with Crippen molar-refractivity contribution >= 4 is 0 Å². The fourth-order valence-electron chi connectivity index (χ4n) is 2.52. The molecule has 1 saturated carbocycles. The van der Waals surface area contributed by atoms with Gasteiger partial charge in [0.25, 0.3) is 0 Å². The molecule has 0 spiro atoms. The lowest BCUT2D eigenvalue weighted by Crippen LogP contribution is -2.39. The Morgan fingerprint density at radius 1 is 1.29 bits per heavy atom. The zero-order valence-electron chi connectivity index (χ0n) is 9.39. The zero-order chi connectivity index (χ0) is 9.80. The van der Waals surface area contributed by atoms with Crippen LogP contribution in [0.5, 0.6) is 0 Å². The molecular weight excluding hydrogens is 172 g/mol. The predicted molar refractivity (Wildman–Crippen MR) is 60.4 cm³/mol. The first-order valence-corrected chi connectivity index (χ1v) is 6.37. The van der Waals surface area contributed by atoms with E-state index in [9.17, 15) is 0 Å². The molecule has 2 fully saturated rings. The molecule has 2 heteroatoms. The predicted octanol–water partition coefficient (Wildman–Crippen LogP) is 1.91. The normalized spacial score (nSPS) is 37.9. The average molecular weight is 196 g/mol. The minimum Gasteiger partial charge on any atom is -0.313 e. The second-order valence-corrected chi connectivity index (χ2v) is 4.92. The maximum absolute atomic E-state index is 3.69. The molecular formula is C12H24N2. The lowest BCUT2D eigenvalue weighted by atomic mass is 10.1. The summed E-state index contributed by atoms with van der Waals surface area (Å²) in [5.74, 6) is 0.987. The van der Waals surface area contributed by atoms with Crippen molar-refractivity contribution in [3.63, 3.8) is 0 Å². The molecule has 2 rings (SSSR count). The first-order chi connectivity index (χ1) is 6.90. The van der Waals surface area contributed by atoms with Crippen molar-refractivity contribution in [2.75, 3.05) is 13.1 Å². The highest BCUT2D eigenvalue weighted by Crippen LogP contribution is 2.32. The summed E-state index contributed by atoms with van der Waals surface area (Å²) in [4.78, 5) is 0. The maximum atomic E-state index is 3.69. The van der Waals surface area contributed by atoms with Crippen LogP contribution < -0.4 is 10.6 Å². The van der Waals surface area contributed by atoms with Gasteiger partial charge < -0.3 is 10.6 Å². The van der Waals surface area contributed by atoms with Gasteiger partial charge in [0.15, 0.2) is 0 Å². The second-order valence-electron chi connectivity index (χ2n) is 4.92. The third-order valence-corrected chi connectivity index (χ3v) is 3.74. The van der Waals surface area contributed by atoms with E-state index >= 15 is 0 Å². The first kappa shape index (κ1) is 10.4. The van der Waals surface area contributed by atoms with Gasteiger partial charge >= 0.3 is 0 Å². The van der Waals surface area contributed by atoms with Crippen molar-refractivity contribution in [3.8, 4) is 0 Å². The first-order valence-electron chi connectivity index (χ1n) is 6.37. The van der Waals surface area contributed by atoms with Crippen LogP contribution in [-0.4, -0.2) is 25.2 Å². The van der Waals surface area contributed by atoms with E-state index in [1.54, 1.807) is 0 Å². The van der Waals surface area contributed by atoms with Gasteiger partial charge in [-0.05, 0) is 31.7 Å². The van der Waals surface area contributed by atoms with Gasteiger partial charge in [-0.25, -0.2) is 0 Å². The molecule has 82 valence electrons. The Labute approximate surface area is 87.8 Å². The fourth-order valence-corrected chi connectivity index (χ4v) is 2.52. The van der Waals surface area contributed by atoms with E-state index in [4.69, 9.17) is 0 Å². The molecule has 3 unspecified atom stereocenters. The highest BCUT2D eigenvalue weighted by Gasteiger charge is 2.34. The van der Waals surface area contributed by atoms with E-state index in [1.807, 2.05) is 0 Å². The summed E-state index contributed by atoms with van der Waals surface area (Å²) < 4.78 is 0. The molecule has 0 aromatic heterocycles. The van der Waals surface area contributed by atoms with Gasteiger partial charge in [-0.3, -0.25) is 0 Å². The van der Waals surface area contributed by atoms with Gasteiger partial charge in [-0.1, -0.05) is 26.2 Å². The smallest absolute Gasteiger partial charge is 0.0192 e. The highest BCUT2D eigenvalue weighted by atomic mass is 15.0. The van der Waals surface area contributed by atoms with Crippen molar-refractivity contribution in [1.29, 1.82) is 0 Å². The molecule has 2 aliphatic rings. The Hall–Kier alpha value is -0.0800. The zero-order valence-corrected chi connectivity index (χ0v) is 9.39. The molecule has 2 N–H and O–H groups in total. The third-order valence-electron chi connectivity index (χ3n) is 3.74. The molecule has 1 saturated heterocycles. The molecule has 3 atom stereocenters. The van der Waals surface area contributed by atoms with Crippen molar-refractivity contribution in [2.24, 2.45) is 5.92 Å². The van der Waals surface area contributed by atoms with E-state index in [0.717, 1.165) is 18.0 Å². The Morgan fingerprint density at radius 2 is 2.21 bits per heavy atom. The van der Waals surface area contributed by atoms with Crippen LogP contribution >= 0.6 is 0 Å². The molecule has 1 aliphatic heterocycles. The Balaban J connectivity index is 1.60. The van der Waals surface area contributed by atoms with Crippen LogP contribution in [0.1, 0.15) is 45.4 Å². The Kier molecular flexibility index (Phi) is 3.82. The molecule has 1 heterocycles. The van der Waals surface area contributed by atoms with Crippen LogP contribution in [0.25, 0.3) is 0 Å². The standard InChI is InChI=1S/C12H24N2/c1-2-10-8-12(10)14-9-11-6-4-3-5-7-13-11/h10-14H,2-9H2,1H3. The SMILES string of the molecule is CCC1CC1NCC1CCCCCN1. The lowest BCUT2D eigenvalue weighted by molar-refractivity contribution is 0.461. The van der Waals surface area contributed by atoms with Crippen molar-refractivity contribution in [1.82, 2.24) is 10.6 Å². The van der Waals surface area contributed by atoms with Crippen LogP contribution in [-0.2, 0) is 0 Å². The van der Waals surface area contributed by atoms with Crippen LogP contribution in [0.2, 0.25) is 0 Å². The van der Waals surface area contributed by atoms with Crippen molar-refractivity contribution in [2.45, 2.75) is 57.5 Å². The average Bonchev–Trinajstić information content (AvgIpc) is 2.99. The molecule has 1 aliphatic carbocycles. The highest BCUT2D eigenvalue weighted by molar-refractivity contribution is 4.93. The van der Waals surface area contributed by atoms with Crippen molar-refractivity contribution in [3.05, 3.63) is 0 Å².